The largest absolute Gasteiger partial charge is 0.458 e. The van der Waals surface area contributed by atoms with Crippen molar-refractivity contribution in [1.82, 2.24) is 0 Å². The topological polar surface area (TPSA) is 34.2 Å². The molecule has 1 N–H and O–H groups in total. The van der Waals surface area contributed by atoms with Crippen LogP contribution in [-0.2, 0) is 16.2 Å². The number of ether oxygens (including phenoxy) is 1. The zero-order valence-electron chi connectivity index (χ0n) is 65.3. The molecule has 544 valence electrons. The molecule has 0 radical (unpaired) electrons. The second-order valence-electron chi connectivity index (χ2n) is 39.5. The fourth-order valence-electron chi connectivity index (χ4n) is 30.1. The first kappa shape index (κ1) is 64.0. The molecule has 12 aliphatic carbocycles. The number of fused-ring (bicyclic) bond motifs is 12. The highest BCUT2D eigenvalue weighted by atomic mass is 16.5. The van der Waals surface area contributed by atoms with Gasteiger partial charge in [-0.2, -0.15) is 0 Å². The van der Waals surface area contributed by atoms with E-state index in [2.05, 4.69) is 261 Å². The van der Waals surface area contributed by atoms with Crippen molar-refractivity contribution < 1.29 is 4.74 Å². The van der Waals surface area contributed by atoms with E-state index in [0.717, 1.165) is 64.8 Å². The Hall–Kier alpha value is -9.59. The Bertz CT molecular complexity index is 5800. The van der Waals surface area contributed by atoms with Crippen LogP contribution in [-0.4, -0.2) is 20.1 Å². The molecule has 6 aliphatic heterocycles. The molecule has 0 spiro atoms. The molecule has 12 fully saturated rings. The maximum absolute atomic E-state index is 8.31. The average molecular weight is 1440 g/mol. The number of rotatable bonds is 7. The molecule has 11 aromatic carbocycles. The zero-order valence-corrected chi connectivity index (χ0v) is 65.3. The lowest BCUT2D eigenvalue weighted by atomic mass is 9.29. The van der Waals surface area contributed by atoms with Crippen molar-refractivity contribution in [3.05, 3.63) is 244 Å². The average Bonchev–Trinajstić information content (AvgIpc) is 0.681. The molecule has 29 rings (SSSR count). The summed E-state index contributed by atoms with van der Waals surface area (Å²) in [6.45, 7) is 13.9. The van der Waals surface area contributed by atoms with Crippen molar-refractivity contribution >= 4 is 149 Å². The maximum atomic E-state index is 8.31. The van der Waals surface area contributed by atoms with E-state index >= 15 is 0 Å². The molecule has 111 heavy (non-hydrogen) atoms. The summed E-state index contributed by atoms with van der Waals surface area (Å²) in [4.78, 5) is 10.9. The van der Waals surface area contributed by atoms with Gasteiger partial charge in [0.25, 0.3) is 20.1 Å². The fourth-order valence-corrected chi connectivity index (χ4v) is 30.1. The molecule has 12 saturated carbocycles. The molecule has 0 unspecified atom stereocenters. The Labute approximate surface area is 656 Å². The first-order chi connectivity index (χ1) is 54.2. The van der Waals surface area contributed by atoms with Crippen LogP contribution in [0, 0.1) is 94.8 Å². The van der Waals surface area contributed by atoms with Crippen molar-refractivity contribution in [3.63, 3.8) is 0 Å². The van der Waals surface area contributed by atoms with Crippen LogP contribution in [0.1, 0.15) is 166 Å². The summed E-state index contributed by atoms with van der Waals surface area (Å²) >= 11 is 0. The van der Waals surface area contributed by atoms with E-state index < -0.39 is 0 Å². The summed E-state index contributed by atoms with van der Waals surface area (Å²) in [6.07, 6.45) is 24.4. The van der Waals surface area contributed by atoms with Crippen LogP contribution in [0.25, 0.3) is 0 Å². The number of nitrogens with one attached hydrogen (secondary N) is 1. The number of benzene rings is 11. The first-order valence-corrected chi connectivity index (χ1v) is 43.2. The minimum absolute atomic E-state index is 0.0318. The molecule has 12 bridgehead atoms. The van der Waals surface area contributed by atoms with E-state index in [-0.39, 0.29) is 36.4 Å². The van der Waals surface area contributed by atoms with Gasteiger partial charge in [0.1, 0.15) is 11.5 Å². The summed E-state index contributed by atoms with van der Waals surface area (Å²) in [5.41, 5.74) is 43.1. The van der Waals surface area contributed by atoms with Gasteiger partial charge in [0.15, 0.2) is 0 Å². The zero-order chi connectivity index (χ0) is 73.1. The lowest BCUT2D eigenvalue weighted by Crippen LogP contribution is -2.66. The number of anilines is 14. The molecule has 0 saturated heterocycles. The monoisotopic (exact) mass is 1440 g/mol. The highest BCUT2D eigenvalue weighted by Gasteiger charge is 2.58. The smallest absolute Gasteiger partial charge is 0.256 e. The molecule has 11 aromatic rings. The van der Waals surface area contributed by atoms with Gasteiger partial charge in [-0.05, 0) is 394 Å². The standard InChI is InChI=1S/C102H96B3N5O/c1-57-25-59(3)98(60(4)26-57)109-87-46-83-79(103-77-21-13-15-23-85(77)107(75-17-9-7-10-18-75)89-39-72(38-84(106-83)95(89)103)100-48-63-29-64(49-100)31-65(30-63)50-100)44-80(87)105-82-45-81-88(47-93(82)111-94-43-74(42-92(109)97(94)105)102-54-69-35-70(55-102)37-71(36-69)56-102)110(99-61(5)27-58(2)28-62(99)6)91-41-73(101-51-66-32-67(52-101)34-68(33-66)53-101)40-90-96(91)104(81)78-22-14-16-24-86(78)108(90)76-19-11-8-12-20-76/h7-28,38-47,63-71,106H,29-37,48-56H2,1-6H3. The van der Waals surface area contributed by atoms with Crippen molar-refractivity contribution in [2.24, 2.45) is 53.3 Å². The minimum Gasteiger partial charge on any atom is -0.458 e. The Kier molecular flexibility index (Phi) is 12.9. The maximum Gasteiger partial charge on any atom is 0.256 e. The SMILES string of the molecule is Cc1cc(C)c(N2c3cc4c(cc3B3c5cc6c(cc5Oc5cc(C78CC9CC(CC(C9)C7)C8)cc2c53)N(c2c(C)cc(C)cc2C)c2cc(C35CC7CC(CC(C7)C3)C5)cc3c2B6c2ccccc2N3c2ccccc2)B2c3ccccc3N(c3ccccc3)c3cc(C56CC7CC(CC(C7)C5)C6)cc(c32)N4)c(C)c1. The Morgan fingerprint density at radius 3 is 1.11 bits per heavy atom. The second kappa shape index (κ2) is 22.4. The van der Waals surface area contributed by atoms with Crippen LogP contribution in [0.2, 0.25) is 0 Å². The second-order valence-corrected chi connectivity index (χ2v) is 39.5. The fraction of sp³-hybridized carbons (Fsp3) is 0.353. The van der Waals surface area contributed by atoms with E-state index in [1.165, 1.54) is 283 Å². The normalized spacial score (nSPS) is 28.4. The summed E-state index contributed by atoms with van der Waals surface area (Å²) in [6, 6.07) is 79.0. The molecule has 0 atom stereocenters. The minimum atomic E-state index is -0.175. The van der Waals surface area contributed by atoms with E-state index in [9.17, 15) is 0 Å². The predicted octanol–water partition coefficient (Wildman–Crippen LogP) is 19.8. The van der Waals surface area contributed by atoms with Crippen LogP contribution < -0.4 is 78.8 Å². The highest BCUT2D eigenvalue weighted by Crippen LogP contribution is 2.66. The number of para-hydroxylation sites is 4. The van der Waals surface area contributed by atoms with E-state index in [0.29, 0.717) is 0 Å². The Morgan fingerprint density at radius 1 is 0.288 bits per heavy atom. The molecule has 18 aliphatic rings. The molecule has 9 heteroatoms. The van der Waals surface area contributed by atoms with Crippen LogP contribution in [0.5, 0.6) is 11.5 Å². The van der Waals surface area contributed by atoms with Gasteiger partial charge in [-0.25, -0.2) is 0 Å². The summed E-state index contributed by atoms with van der Waals surface area (Å²) in [5.74, 6) is 9.31. The first-order valence-electron chi connectivity index (χ1n) is 43.2. The van der Waals surface area contributed by atoms with Crippen molar-refractivity contribution in [2.75, 3.05) is 24.9 Å². The van der Waals surface area contributed by atoms with Gasteiger partial charge in [0.2, 0.25) is 0 Å². The van der Waals surface area contributed by atoms with E-state index in [4.69, 9.17) is 4.74 Å². The van der Waals surface area contributed by atoms with Crippen molar-refractivity contribution in [3.8, 4) is 11.5 Å². The van der Waals surface area contributed by atoms with E-state index in [1.807, 2.05) is 0 Å². The Morgan fingerprint density at radius 2 is 0.649 bits per heavy atom. The van der Waals surface area contributed by atoms with Gasteiger partial charge >= 0.3 is 0 Å². The van der Waals surface area contributed by atoms with Gasteiger partial charge in [0.05, 0.1) is 11.4 Å². The molecule has 0 aromatic heterocycles. The van der Waals surface area contributed by atoms with Crippen LogP contribution in [0.3, 0.4) is 0 Å². The predicted molar refractivity (Wildman–Crippen MR) is 463 cm³/mol. The van der Waals surface area contributed by atoms with Gasteiger partial charge in [-0.1, -0.05) is 120 Å². The van der Waals surface area contributed by atoms with Gasteiger partial charge < -0.3 is 29.7 Å². The van der Waals surface area contributed by atoms with Crippen LogP contribution in [0.4, 0.5) is 79.6 Å². The number of hydrogen-bond acceptors (Lipinski definition) is 6. The lowest BCUT2D eigenvalue weighted by molar-refractivity contribution is -0.00531. The molecular weight excluding hydrogens is 1340 g/mol. The quantitative estimate of drug-likeness (QED) is 0.160. The highest BCUT2D eigenvalue weighted by molar-refractivity contribution is 7.04. The summed E-state index contributed by atoms with van der Waals surface area (Å²) in [7, 11) is 0. The number of nitrogens with zero attached hydrogens (tertiary/aromatic N) is 4. The molecular formula is C102H96B3N5O. The third-order valence-corrected chi connectivity index (χ3v) is 32.5. The third-order valence-electron chi connectivity index (χ3n) is 32.5. The van der Waals surface area contributed by atoms with Gasteiger partial charge in [-0.3, -0.25) is 0 Å². The van der Waals surface area contributed by atoms with Crippen LogP contribution >= 0.6 is 0 Å². The van der Waals surface area contributed by atoms with Crippen molar-refractivity contribution in [1.29, 1.82) is 0 Å². The summed E-state index contributed by atoms with van der Waals surface area (Å²) < 4.78 is 8.31. The Balaban J connectivity index is 0.753. The van der Waals surface area contributed by atoms with Crippen molar-refractivity contribution in [2.45, 2.75) is 173 Å². The van der Waals surface area contributed by atoms with Gasteiger partial charge in [-0.15, -0.1) is 0 Å². The van der Waals surface area contributed by atoms with Crippen LogP contribution in [0.15, 0.2) is 194 Å². The molecule has 0 amide bonds. The summed E-state index contributed by atoms with van der Waals surface area (Å²) in [5, 5.41) is 4.50. The lowest BCUT2D eigenvalue weighted by Gasteiger charge is -2.57. The van der Waals surface area contributed by atoms with Gasteiger partial charge in [0, 0.05) is 74.3 Å². The third kappa shape index (κ3) is 8.85. The number of hydrogen-bond donors (Lipinski definition) is 1. The van der Waals surface area contributed by atoms with E-state index in [1.54, 1.807) is 11.1 Å². The number of aryl methyl sites for hydroxylation is 6. The molecule has 6 heterocycles. The molecule has 6 nitrogen and oxygen atoms in total.